The van der Waals surface area contributed by atoms with Crippen molar-refractivity contribution >= 4 is 5.69 Å². The molecule has 1 aliphatic heterocycles. The molecule has 18 heavy (non-hydrogen) atoms. The molecule has 0 saturated carbocycles. The van der Waals surface area contributed by atoms with E-state index in [-0.39, 0.29) is 0 Å². The number of anilines is 1. The lowest BCUT2D eigenvalue weighted by Crippen LogP contribution is -2.42. The third kappa shape index (κ3) is 3.39. The number of nitrogens with two attached hydrogens (primary N) is 1. The van der Waals surface area contributed by atoms with Crippen molar-refractivity contribution in [3.8, 4) is 5.75 Å². The number of nitrogen functional groups attached to an aromatic ring is 1. The Morgan fingerprint density at radius 1 is 1.33 bits per heavy atom. The summed E-state index contributed by atoms with van der Waals surface area (Å²) in [4.78, 5) is 2.51. The summed E-state index contributed by atoms with van der Waals surface area (Å²) in [7, 11) is 0. The Balaban J connectivity index is 1.77. The zero-order chi connectivity index (χ0) is 13.0. The number of para-hydroxylation sites is 2. The molecule has 3 heteroatoms. The van der Waals surface area contributed by atoms with E-state index in [4.69, 9.17) is 10.5 Å². The second kappa shape index (κ2) is 6.10. The first-order valence-corrected chi connectivity index (χ1v) is 6.88. The van der Waals surface area contributed by atoms with Crippen LogP contribution in [0.4, 0.5) is 5.69 Å². The number of benzene rings is 1. The lowest BCUT2D eigenvalue weighted by atomic mass is 9.93. The number of hydrogen-bond donors (Lipinski definition) is 1. The Morgan fingerprint density at radius 3 is 2.83 bits per heavy atom. The lowest BCUT2D eigenvalue weighted by molar-refractivity contribution is 0.109. The van der Waals surface area contributed by atoms with Crippen LogP contribution < -0.4 is 10.5 Å². The summed E-state index contributed by atoms with van der Waals surface area (Å²) in [5.74, 6) is 1.66. The molecule has 0 amide bonds. The summed E-state index contributed by atoms with van der Waals surface area (Å²) < 4.78 is 5.75. The molecule has 1 saturated heterocycles. The van der Waals surface area contributed by atoms with Crippen molar-refractivity contribution in [1.29, 1.82) is 0 Å². The van der Waals surface area contributed by atoms with E-state index < -0.39 is 0 Å². The molecule has 2 N–H and O–H groups in total. The third-order valence-electron chi connectivity index (χ3n) is 3.83. The summed E-state index contributed by atoms with van der Waals surface area (Å²) in [5.41, 5.74) is 6.57. The molecule has 0 aromatic heterocycles. The molecule has 1 aliphatic rings. The van der Waals surface area contributed by atoms with E-state index in [1.54, 1.807) is 0 Å². The second-order valence-electron chi connectivity index (χ2n) is 5.40. The SMILES string of the molecule is CC1CCN(CCOc2ccccc2N)C(C)C1. The fourth-order valence-electron chi connectivity index (χ4n) is 2.67. The molecule has 0 aliphatic carbocycles. The topological polar surface area (TPSA) is 38.5 Å². The molecule has 1 aromatic carbocycles. The summed E-state index contributed by atoms with van der Waals surface area (Å²) in [6.07, 6.45) is 2.60. The van der Waals surface area contributed by atoms with Gasteiger partial charge in [0.05, 0.1) is 5.69 Å². The average Bonchev–Trinajstić information content (AvgIpc) is 2.34. The van der Waals surface area contributed by atoms with Crippen molar-refractivity contribution < 1.29 is 4.74 Å². The Labute approximate surface area is 110 Å². The molecule has 0 bridgehead atoms. The van der Waals surface area contributed by atoms with E-state index in [1.807, 2.05) is 24.3 Å². The molecule has 3 nitrogen and oxygen atoms in total. The van der Waals surface area contributed by atoms with Crippen LogP contribution in [-0.4, -0.2) is 30.6 Å². The highest BCUT2D eigenvalue weighted by atomic mass is 16.5. The van der Waals surface area contributed by atoms with E-state index >= 15 is 0 Å². The fraction of sp³-hybridized carbons (Fsp3) is 0.600. The molecule has 2 atom stereocenters. The van der Waals surface area contributed by atoms with Gasteiger partial charge in [0.15, 0.2) is 0 Å². The van der Waals surface area contributed by atoms with E-state index in [1.165, 1.54) is 19.4 Å². The van der Waals surface area contributed by atoms with Gasteiger partial charge in [0.1, 0.15) is 12.4 Å². The minimum Gasteiger partial charge on any atom is -0.490 e. The Kier molecular flexibility index (Phi) is 4.48. The first-order chi connectivity index (χ1) is 8.66. The first kappa shape index (κ1) is 13.2. The van der Waals surface area contributed by atoms with Gasteiger partial charge < -0.3 is 10.5 Å². The molecular weight excluding hydrogens is 224 g/mol. The Hall–Kier alpha value is -1.22. The van der Waals surface area contributed by atoms with Gasteiger partial charge >= 0.3 is 0 Å². The van der Waals surface area contributed by atoms with Crippen molar-refractivity contribution in [2.24, 2.45) is 5.92 Å². The molecule has 2 rings (SSSR count). The van der Waals surface area contributed by atoms with E-state index in [0.717, 1.165) is 23.9 Å². The number of ether oxygens (including phenoxy) is 1. The monoisotopic (exact) mass is 248 g/mol. The number of likely N-dealkylation sites (tertiary alicyclic amines) is 1. The van der Waals surface area contributed by atoms with E-state index in [0.29, 0.717) is 12.6 Å². The molecule has 2 unspecified atom stereocenters. The fourth-order valence-corrected chi connectivity index (χ4v) is 2.67. The summed E-state index contributed by atoms with van der Waals surface area (Å²) >= 11 is 0. The van der Waals surface area contributed by atoms with Crippen LogP contribution >= 0.6 is 0 Å². The highest BCUT2D eigenvalue weighted by molar-refractivity contribution is 5.51. The van der Waals surface area contributed by atoms with Gasteiger partial charge in [-0.25, -0.2) is 0 Å². The minimum absolute atomic E-state index is 0.672. The molecule has 100 valence electrons. The molecule has 1 aromatic rings. The van der Waals surface area contributed by atoms with Gasteiger partial charge in [-0.3, -0.25) is 4.90 Å². The van der Waals surface area contributed by atoms with Crippen LogP contribution in [-0.2, 0) is 0 Å². The Morgan fingerprint density at radius 2 is 2.11 bits per heavy atom. The molecule has 0 spiro atoms. The smallest absolute Gasteiger partial charge is 0.142 e. The normalized spacial score (nSPS) is 25.0. The predicted molar refractivity (Wildman–Crippen MR) is 75.8 cm³/mol. The summed E-state index contributed by atoms with van der Waals surface area (Å²) in [5, 5.41) is 0. The van der Waals surface area contributed by atoms with Gasteiger partial charge in [-0.1, -0.05) is 19.1 Å². The van der Waals surface area contributed by atoms with Gasteiger partial charge in [-0.15, -0.1) is 0 Å². The van der Waals surface area contributed by atoms with Crippen LogP contribution in [0.5, 0.6) is 5.75 Å². The minimum atomic E-state index is 0.672. The Bertz CT molecular complexity index is 381. The van der Waals surface area contributed by atoms with Gasteiger partial charge in [0.2, 0.25) is 0 Å². The highest BCUT2D eigenvalue weighted by Crippen LogP contribution is 2.22. The maximum absolute atomic E-state index is 5.85. The van der Waals surface area contributed by atoms with Crippen LogP contribution in [0.15, 0.2) is 24.3 Å². The van der Waals surface area contributed by atoms with Gasteiger partial charge in [-0.05, 0) is 44.4 Å². The van der Waals surface area contributed by atoms with Crippen molar-refractivity contribution in [3.05, 3.63) is 24.3 Å². The van der Waals surface area contributed by atoms with Crippen LogP contribution in [0.2, 0.25) is 0 Å². The maximum Gasteiger partial charge on any atom is 0.142 e. The zero-order valence-electron chi connectivity index (χ0n) is 11.4. The average molecular weight is 248 g/mol. The lowest BCUT2D eigenvalue weighted by Gasteiger charge is -2.36. The van der Waals surface area contributed by atoms with Gasteiger partial charge in [-0.2, -0.15) is 0 Å². The quantitative estimate of drug-likeness (QED) is 0.833. The number of hydrogen-bond acceptors (Lipinski definition) is 3. The van der Waals surface area contributed by atoms with E-state index in [2.05, 4.69) is 18.7 Å². The van der Waals surface area contributed by atoms with E-state index in [9.17, 15) is 0 Å². The zero-order valence-corrected chi connectivity index (χ0v) is 11.4. The van der Waals surface area contributed by atoms with Crippen LogP contribution in [0, 0.1) is 5.92 Å². The largest absolute Gasteiger partial charge is 0.490 e. The maximum atomic E-state index is 5.85. The van der Waals surface area contributed by atoms with Crippen LogP contribution in [0.1, 0.15) is 26.7 Å². The number of piperidine rings is 1. The summed E-state index contributed by atoms with van der Waals surface area (Å²) in [6.45, 7) is 7.55. The number of nitrogens with zero attached hydrogens (tertiary/aromatic N) is 1. The van der Waals surface area contributed by atoms with Crippen LogP contribution in [0.25, 0.3) is 0 Å². The van der Waals surface area contributed by atoms with Crippen molar-refractivity contribution in [2.75, 3.05) is 25.4 Å². The highest BCUT2D eigenvalue weighted by Gasteiger charge is 2.22. The molecular formula is C15H24N2O. The molecule has 1 fully saturated rings. The third-order valence-corrected chi connectivity index (χ3v) is 3.83. The molecule has 1 heterocycles. The standard InChI is InChI=1S/C15H24N2O/c1-12-7-8-17(13(2)11-12)9-10-18-15-6-4-3-5-14(15)16/h3-6,12-13H,7-11,16H2,1-2H3. The van der Waals surface area contributed by atoms with Crippen molar-refractivity contribution in [2.45, 2.75) is 32.7 Å². The second-order valence-corrected chi connectivity index (χ2v) is 5.40. The number of rotatable bonds is 4. The summed E-state index contributed by atoms with van der Waals surface area (Å²) in [6, 6.07) is 8.36. The molecule has 0 radical (unpaired) electrons. The first-order valence-electron chi connectivity index (χ1n) is 6.88. The van der Waals surface area contributed by atoms with Gasteiger partial charge in [0, 0.05) is 12.6 Å². The predicted octanol–water partition coefficient (Wildman–Crippen LogP) is 2.77. The van der Waals surface area contributed by atoms with Gasteiger partial charge in [0.25, 0.3) is 0 Å². The van der Waals surface area contributed by atoms with Crippen LogP contribution in [0.3, 0.4) is 0 Å². The van der Waals surface area contributed by atoms with Crippen molar-refractivity contribution in [3.63, 3.8) is 0 Å². The van der Waals surface area contributed by atoms with Crippen molar-refractivity contribution in [1.82, 2.24) is 4.90 Å².